The van der Waals surface area contributed by atoms with E-state index < -0.39 is 12.1 Å². The van der Waals surface area contributed by atoms with Crippen molar-refractivity contribution in [3.8, 4) is 16.9 Å². The molecule has 3 aromatic heterocycles. The Morgan fingerprint density at radius 1 is 1.17 bits per heavy atom. The molecule has 1 aliphatic heterocycles. The molecule has 4 heterocycles. The second-order valence-corrected chi connectivity index (χ2v) is 6.60. The van der Waals surface area contributed by atoms with Crippen LogP contribution in [-0.2, 0) is 13.0 Å². The fourth-order valence-corrected chi connectivity index (χ4v) is 3.53. The lowest BCUT2D eigenvalue weighted by atomic mass is 10.0. The van der Waals surface area contributed by atoms with E-state index in [1.807, 2.05) is 0 Å². The number of aromatic nitrogens is 6. The Labute approximate surface area is 167 Å². The Kier molecular flexibility index (Phi) is 4.42. The highest BCUT2D eigenvalue weighted by atomic mass is 19.3. The van der Waals surface area contributed by atoms with Crippen LogP contribution in [0.25, 0.3) is 16.8 Å². The van der Waals surface area contributed by atoms with Gasteiger partial charge in [-0.3, -0.25) is 4.40 Å². The van der Waals surface area contributed by atoms with Gasteiger partial charge in [0.1, 0.15) is 29.9 Å². The fourth-order valence-electron chi connectivity index (χ4n) is 3.53. The van der Waals surface area contributed by atoms with E-state index in [1.165, 1.54) is 29.2 Å². The first-order valence-corrected chi connectivity index (χ1v) is 9.07. The van der Waals surface area contributed by atoms with Gasteiger partial charge in [-0.05, 0) is 12.1 Å². The smallest absolute Gasteiger partial charge is 0.281 e. The number of nitrogens with one attached hydrogen (secondary N) is 1. The summed E-state index contributed by atoms with van der Waals surface area (Å²) in [5, 5.41) is 11.0. The van der Waals surface area contributed by atoms with Crippen molar-refractivity contribution in [3.63, 3.8) is 0 Å². The summed E-state index contributed by atoms with van der Waals surface area (Å²) >= 11 is 0. The highest BCUT2D eigenvalue weighted by Gasteiger charge is 2.22. The van der Waals surface area contributed by atoms with E-state index >= 15 is 0 Å². The molecule has 152 valence electrons. The molecule has 5 rings (SSSR count). The molecule has 1 N–H and O–H groups in total. The molecule has 1 aromatic carbocycles. The van der Waals surface area contributed by atoms with Crippen LogP contribution in [0.4, 0.5) is 19.1 Å². The molecule has 11 heteroatoms. The molecule has 0 spiro atoms. The molecule has 0 atom stereocenters. The van der Waals surface area contributed by atoms with Crippen LogP contribution in [0.3, 0.4) is 0 Å². The summed E-state index contributed by atoms with van der Waals surface area (Å²) < 4.78 is 48.1. The number of benzene rings is 1. The topological polar surface area (TPSA) is 90.1 Å². The van der Waals surface area contributed by atoms with Crippen molar-refractivity contribution >= 4 is 11.6 Å². The van der Waals surface area contributed by atoms with E-state index in [1.54, 1.807) is 6.07 Å². The Morgan fingerprint density at radius 2 is 2.07 bits per heavy atom. The Morgan fingerprint density at radius 3 is 2.93 bits per heavy atom. The van der Waals surface area contributed by atoms with Gasteiger partial charge in [-0.15, -0.1) is 10.2 Å². The van der Waals surface area contributed by atoms with Crippen LogP contribution in [0.15, 0.2) is 37.2 Å². The minimum atomic E-state index is -2.78. The van der Waals surface area contributed by atoms with Crippen LogP contribution >= 0.6 is 0 Å². The molecule has 8 nitrogen and oxygen atoms in total. The molecule has 0 unspecified atom stereocenters. The maximum Gasteiger partial charge on any atom is 0.281 e. The second-order valence-electron chi connectivity index (χ2n) is 6.60. The normalized spacial score (nSPS) is 12.9. The quantitative estimate of drug-likeness (QED) is 0.537. The minimum Gasteiger partial charge on any atom is -0.493 e. The molecule has 0 saturated heterocycles. The van der Waals surface area contributed by atoms with Gasteiger partial charge in [0.2, 0.25) is 5.95 Å². The molecular formula is C19H14F3N7O. The van der Waals surface area contributed by atoms with Crippen molar-refractivity contribution in [1.82, 2.24) is 29.5 Å². The highest BCUT2D eigenvalue weighted by molar-refractivity contribution is 5.78. The lowest BCUT2D eigenvalue weighted by molar-refractivity contribution is 0.146. The minimum absolute atomic E-state index is 0.119. The van der Waals surface area contributed by atoms with Crippen LogP contribution in [0.1, 0.15) is 23.2 Å². The van der Waals surface area contributed by atoms with Gasteiger partial charge in [-0.25, -0.2) is 28.1 Å². The first kappa shape index (κ1) is 18.3. The molecule has 0 aliphatic carbocycles. The van der Waals surface area contributed by atoms with Gasteiger partial charge >= 0.3 is 0 Å². The molecule has 4 aromatic rings. The number of rotatable bonds is 5. The lowest BCUT2D eigenvalue weighted by Gasteiger charge is -2.13. The fraction of sp³-hybridized carbons (Fsp3) is 0.211. The van der Waals surface area contributed by atoms with Crippen LogP contribution in [0.2, 0.25) is 0 Å². The third kappa shape index (κ3) is 2.98. The SMILES string of the molecule is Fc1ccc2c(c1CNc1ncc(-c3cncnc3C(F)F)c3nncn13)CCO2. The lowest BCUT2D eigenvalue weighted by Crippen LogP contribution is -2.10. The zero-order chi connectivity index (χ0) is 20.7. The van der Waals surface area contributed by atoms with Gasteiger partial charge in [-0.1, -0.05) is 0 Å². The number of halogens is 3. The van der Waals surface area contributed by atoms with E-state index in [2.05, 4.69) is 30.5 Å². The van der Waals surface area contributed by atoms with Crippen molar-refractivity contribution in [3.05, 3.63) is 59.8 Å². The third-order valence-electron chi connectivity index (χ3n) is 4.94. The van der Waals surface area contributed by atoms with Gasteiger partial charge < -0.3 is 10.1 Å². The zero-order valence-corrected chi connectivity index (χ0v) is 15.4. The maximum absolute atomic E-state index is 14.4. The monoisotopic (exact) mass is 413 g/mol. The first-order valence-electron chi connectivity index (χ1n) is 9.07. The Balaban J connectivity index is 1.51. The summed E-state index contributed by atoms with van der Waals surface area (Å²) in [6, 6.07) is 2.99. The molecule has 0 saturated carbocycles. The molecule has 0 radical (unpaired) electrons. The number of hydrogen-bond donors (Lipinski definition) is 1. The third-order valence-corrected chi connectivity index (χ3v) is 4.94. The predicted molar refractivity (Wildman–Crippen MR) is 99.7 cm³/mol. The number of hydrogen-bond acceptors (Lipinski definition) is 7. The van der Waals surface area contributed by atoms with E-state index in [4.69, 9.17) is 4.74 Å². The van der Waals surface area contributed by atoms with E-state index in [0.29, 0.717) is 41.5 Å². The van der Waals surface area contributed by atoms with Crippen LogP contribution in [0, 0.1) is 5.82 Å². The van der Waals surface area contributed by atoms with Gasteiger partial charge in [0.15, 0.2) is 5.65 Å². The van der Waals surface area contributed by atoms with Crippen molar-refractivity contribution in [2.45, 2.75) is 19.4 Å². The van der Waals surface area contributed by atoms with E-state index in [-0.39, 0.29) is 17.9 Å². The van der Waals surface area contributed by atoms with Gasteiger partial charge in [0.25, 0.3) is 6.43 Å². The summed E-state index contributed by atoms with van der Waals surface area (Å²) in [6.07, 6.45) is 2.99. The molecule has 0 bridgehead atoms. The number of fused-ring (bicyclic) bond motifs is 2. The van der Waals surface area contributed by atoms with Crippen molar-refractivity contribution in [2.75, 3.05) is 11.9 Å². The van der Waals surface area contributed by atoms with E-state index in [0.717, 1.165) is 11.9 Å². The molecule has 0 amide bonds. The van der Waals surface area contributed by atoms with Crippen molar-refractivity contribution in [1.29, 1.82) is 0 Å². The summed E-state index contributed by atoms with van der Waals surface area (Å²) in [6.45, 7) is 0.675. The summed E-state index contributed by atoms with van der Waals surface area (Å²) in [5.41, 5.74) is 1.63. The Bertz CT molecular complexity index is 1240. The van der Waals surface area contributed by atoms with Crippen LogP contribution in [-0.4, -0.2) is 36.2 Å². The summed E-state index contributed by atoms with van der Waals surface area (Å²) in [4.78, 5) is 11.8. The maximum atomic E-state index is 14.4. The zero-order valence-electron chi connectivity index (χ0n) is 15.4. The van der Waals surface area contributed by atoms with Crippen LogP contribution in [0.5, 0.6) is 5.75 Å². The molecule has 30 heavy (non-hydrogen) atoms. The predicted octanol–water partition coefficient (Wildman–Crippen LogP) is 3.21. The van der Waals surface area contributed by atoms with Gasteiger partial charge in [0.05, 0.1) is 6.61 Å². The van der Waals surface area contributed by atoms with Gasteiger partial charge in [-0.2, -0.15) is 0 Å². The Hall–Kier alpha value is -3.76. The number of alkyl halides is 2. The first-order chi connectivity index (χ1) is 14.6. The summed E-state index contributed by atoms with van der Waals surface area (Å²) in [7, 11) is 0. The molecule has 1 aliphatic rings. The number of anilines is 1. The second kappa shape index (κ2) is 7.25. The van der Waals surface area contributed by atoms with Crippen molar-refractivity contribution in [2.24, 2.45) is 0 Å². The van der Waals surface area contributed by atoms with Crippen molar-refractivity contribution < 1.29 is 17.9 Å². The number of ether oxygens (including phenoxy) is 1. The highest BCUT2D eigenvalue weighted by Crippen LogP contribution is 2.32. The average molecular weight is 413 g/mol. The average Bonchev–Trinajstić information content (AvgIpc) is 3.42. The van der Waals surface area contributed by atoms with Gasteiger partial charge in [0, 0.05) is 47.6 Å². The summed E-state index contributed by atoms with van der Waals surface area (Å²) in [5.74, 6) is 0.672. The molecular weight excluding hydrogens is 399 g/mol. The van der Waals surface area contributed by atoms with Crippen LogP contribution < -0.4 is 10.1 Å². The van der Waals surface area contributed by atoms with E-state index in [9.17, 15) is 13.2 Å². The largest absolute Gasteiger partial charge is 0.493 e. The molecule has 0 fully saturated rings. The standard InChI is InChI=1S/C19H14F3N7O/c20-14-1-2-15-10(3-4-30-15)11(14)6-24-19-25-7-13(18-28-27-9-29(18)19)12-5-23-8-26-16(12)17(21)22/h1-2,5,7-9,17H,3-4,6H2,(H,24,25). The number of nitrogens with zero attached hydrogens (tertiary/aromatic N) is 6.